The first-order valence-electron chi connectivity index (χ1n) is 9.27. The maximum absolute atomic E-state index is 12.6. The van der Waals surface area contributed by atoms with Crippen molar-refractivity contribution in [2.45, 2.75) is 56.1 Å². The van der Waals surface area contributed by atoms with Crippen molar-refractivity contribution in [3.05, 3.63) is 24.3 Å². The molecule has 0 aromatic heterocycles. The van der Waals surface area contributed by atoms with Crippen molar-refractivity contribution in [2.75, 3.05) is 6.26 Å². The van der Waals surface area contributed by atoms with E-state index in [9.17, 15) is 4.79 Å². The van der Waals surface area contributed by atoms with Gasteiger partial charge in [0, 0.05) is 10.9 Å². The van der Waals surface area contributed by atoms with Crippen LogP contribution in [0.15, 0.2) is 29.2 Å². The van der Waals surface area contributed by atoms with Crippen LogP contribution in [0.5, 0.6) is 5.75 Å². The number of carbonyl (C=O) groups is 1. The SMILES string of the molecule is CSc1ccc(O[C@H](C)C(=O)N[C@@H]2C[C@H]3C[C@H]2[C@H]2CCC[C@@H]32)cc1. The highest BCUT2D eigenvalue weighted by Crippen LogP contribution is 2.58. The lowest BCUT2D eigenvalue weighted by Gasteiger charge is -2.32. The molecule has 3 aliphatic rings. The Morgan fingerprint density at radius 3 is 2.67 bits per heavy atom. The van der Waals surface area contributed by atoms with E-state index in [0.717, 1.165) is 29.4 Å². The summed E-state index contributed by atoms with van der Waals surface area (Å²) in [5.74, 6) is 4.23. The van der Waals surface area contributed by atoms with E-state index in [2.05, 4.69) is 11.6 Å². The first-order chi connectivity index (χ1) is 11.7. The van der Waals surface area contributed by atoms with Crippen molar-refractivity contribution in [1.82, 2.24) is 5.32 Å². The molecule has 3 saturated carbocycles. The van der Waals surface area contributed by atoms with E-state index in [1.54, 1.807) is 11.8 Å². The largest absolute Gasteiger partial charge is 0.481 e. The average molecular weight is 346 g/mol. The Morgan fingerprint density at radius 2 is 1.92 bits per heavy atom. The predicted octanol–water partition coefficient (Wildman–Crippen LogP) is 4.12. The molecule has 0 radical (unpaired) electrons. The van der Waals surface area contributed by atoms with Gasteiger partial charge in [0.25, 0.3) is 5.91 Å². The molecule has 0 heterocycles. The third kappa shape index (κ3) is 2.94. The summed E-state index contributed by atoms with van der Waals surface area (Å²) >= 11 is 1.70. The van der Waals surface area contributed by atoms with E-state index in [0.29, 0.717) is 6.04 Å². The Balaban J connectivity index is 1.32. The average Bonchev–Trinajstić information content (AvgIpc) is 3.28. The van der Waals surface area contributed by atoms with Gasteiger partial charge in [0.1, 0.15) is 5.75 Å². The fourth-order valence-electron chi connectivity index (χ4n) is 5.45. The zero-order valence-corrected chi connectivity index (χ0v) is 15.4. The second kappa shape index (κ2) is 6.62. The third-order valence-electron chi connectivity index (χ3n) is 6.50. The third-order valence-corrected chi connectivity index (χ3v) is 7.24. The lowest BCUT2D eigenvalue weighted by Crippen LogP contribution is -2.47. The van der Waals surface area contributed by atoms with Gasteiger partial charge >= 0.3 is 0 Å². The summed E-state index contributed by atoms with van der Waals surface area (Å²) in [7, 11) is 0. The molecule has 3 aliphatic carbocycles. The predicted molar refractivity (Wildman–Crippen MR) is 97.3 cm³/mol. The van der Waals surface area contributed by atoms with Gasteiger partial charge in [-0.1, -0.05) is 6.42 Å². The number of amides is 1. The van der Waals surface area contributed by atoms with Crippen LogP contribution in [0.2, 0.25) is 0 Å². The van der Waals surface area contributed by atoms with Gasteiger partial charge in [-0.15, -0.1) is 11.8 Å². The molecule has 0 spiro atoms. The molecular formula is C20H27NO2S. The van der Waals surface area contributed by atoms with E-state index in [1.165, 1.54) is 37.0 Å². The number of hydrogen-bond acceptors (Lipinski definition) is 3. The number of nitrogens with one attached hydrogen (secondary N) is 1. The molecule has 1 N–H and O–H groups in total. The number of benzene rings is 1. The molecule has 1 amide bonds. The maximum Gasteiger partial charge on any atom is 0.261 e. The van der Waals surface area contributed by atoms with Crippen molar-refractivity contribution in [3.63, 3.8) is 0 Å². The minimum atomic E-state index is -0.441. The monoisotopic (exact) mass is 345 g/mol. The van der Waals surface area contributed by atoms with Crippen LogP contribution >= 0.6 is 11.8 Å². The fraction of sp³-hybridized carbons (Fsp3) is 0.650. The Kier molecular flexibility index (Phi) is 4.50. The van der Waals surface area contributed by atoms with Crippen LogP contribution in [0, 0.1) is 23.7 Å². The molecule has 3 fully saturated rings. The van der Waals surface area contributed by atoms with Crippen LogP contribution in [0.25, 0.3) is 0 Å². The summed E-state index contributed by atoms with van der Waals surface area (Å²) in [6.45, 7) is 1.85. The second-order valence-corrected chi connectivity index (χ2v) is 8.58. The molecule has 6 atom stereocenters. The quantitative estimate of drug-likeness (QED) is 0.816. The highest BCUT2D eigenvalue weighted by atomic mass is 32.2. The lowest BCUT2D eigenvalue weighted by atomic mass is 9.79. The van der Waals surface area contributed by atoms with E-state index in [-0.39, 0.29) is 5.91 Å². The minimum Gasteiger partial charge on any atom is -0.481 e. The van der Waals surface area contributed by atoms with Crippen LogP contribution in [0.4, 0.5) is 0 Å². The minimum absolute atomic E-state index is 0.0380. The molecule has 1 aromatic carbocycles. The lowest BCUT2D eigenvalue weighted by molar-refractivity contribution is -0.128. The molecule has 0 aliphatic heterocycles. The Labute approximate surface area is 148 Å². The molecule has 2 bridgehead atoms. The van der Waals surface area contributed by atoms with E-state index >= 15 is 0 Å². The summed E-state index contributed by atoms with van der Waals surface area (Å²) in [6, 6.07) is 8.32. The summed E-state index contributed by atoms with van der Waals surface area (Å²) in [5.41, 5.74) is 0. The maximum atomic E-state index is 12.6. The first kappa shape index (κ1) is 16.3. The standard InChI is InChI=1S/C20H27NO2S/c1-12(23-14-6-8-15(24-2)9-7-14)20(22)21-19-11-13-10-18(19)17-5-3-4-16(13)17/h6-9,12-13,16-19H,3-5,10-11H2,1-2H3,(H,21,22)/t12-,13-,16+,17+,18+,19-/m1/s1. The first-order valence-corrected chi connectivity index (χ1v) is 10.5. The van der Waals surface area contributed by atoms with E-state index in [1.807, 2.05) is 31.2 Å². The molecule has 0 saturated heterocycles. The summed E-state index contributed by atoms with van der Waals surface area (Å²) in [5, 5.41) is 3.30. The van der Waals surface area contributed by atoms with Crippen LogP contribution < -0.4 is 10.1 Å². The second-order valence-electron chi connectivity index (χ2n) is 7.70. The molecular weight excluding hydrogens is 318 g/mol. The van der Waals surface area contributed by atoms with Gasteiger partial charge in [0.05, 0.1) is 0 Å². The summed E-state index contributed by atoms with van der Waals surface area (Å²) in [6.07, 6.45) is 8.34. The van der Waals surface area contributed by atoms with Gasteiger partial charge in [0.2, 0.25) is 0 Å². The number of fused-ring (bicyclic) bond motifs is 5. The summed E-state index contributed by atoms with van der Waals surface area (Å²) < 4.78 is 5.83. The van der Waals surface area contributed by atoms with Crippen LogP contribution in [0.3, 0.4) is 0 Å². The molecule has 130 valence electrons. The van der Waals surface area contributed by atoms with Gasteiger partial charge in [-0.2, -0.15) is 0 Å². The fourth-order valence-corrected chi connectivity index (χ4v) is 5.85. The number of carbonyl (C=O) groups excluding carboxylic acids is 1. The smallest absolute Gasteiger partial charge is 0.261 e. The van der Waals surface area contributed by atoms with Crippen LogP contribution in [-0.4, -0.2) is 24.3 Å². The number of ether oxygens (including phenoxy) is 1. The zero-order chi connectivity index (χ0) is 16.7. The molecule has 4 rings (SSSR count). The topological polar surface area (TPSA) is 38.3 Å². The number of hydrogen-bond donors (Lipinski definition) is 1. The van der Waals surface area contributed by atoms with Crippen LogP contribution in [-0.2, 0) is 4.79 Å². The molecule has 4 heteroatoms. The molecule has 1 aromatic rings. The Hall–Kier alpha value is -1.16. The van der Waals surface area contributed by atoms with Gasteiger partial charge < -0.3 is 10.1 Å². The molecule has 3 nitrogen and oxygen atoms in total. The van der Waals surface area contributed by atoms with Crippen LogP contribution in [0.1, 0.15) is 39.0 Å². The van der Waals surface area contributed by atoms with Crippen molar-refractivity contribution in [3.8, 4) is 5.75 Å². The highest BCUT2D eigenvalue weighted by molar-refractivity contribution is 7.98. The van der Waals surface area contributed by atoms with Crippen molar-refractivity contribution in [2.24, 2.45) is 23.7 Å². The van der Waals surface area contributed by atoms with Gasteiger partial charge in [-0.3, -0.25) is 4.79 Å². The van der Waals surface area contributed by atoms with E-state index in [4.69, 9.17) is 4.74 Å². The highest BCUT2D eigenvalue weighted by Gasteiger charge is 2.54. The Morgan fingerprint density at radius 1 is 1.17 bits per heavy atom. The molecule has 24 heavy (non-hydrogen) atoms. The van der Waals surface area contributed by atoms with Gasteiger partial charge in [-0.05, 0) is 86.8 Å². The summed E-state index contributed by atoms with van der Waals surface area (Å²) in [4.78, 5) is 13.8. The van der Waals surface area contributed by atoms with Crippen molar-refractivity contribution < 1.29 is 9.53 Å². The van der Waals surface area contributed by atoms with Crippen molar-refractivity contribution >= 4 is 17.7 Å². The van der Waals surface area contributed by atoms with Crippen molar-refractivity contribution in [1.29, 1.82) is 0 Å². The number of thioether (sulfide) groups is 1. The molecule has 0 unspecified atom stereocenters. The van der Waals surface area contributed by atoms with Gasteiger partial charge in [-0.25, -0.2) is 0 Å². The Bertz CT molecular complexity index is 602. The normalized spacial score (nSPS) is 34.8. The number of rotatable bonds is 5. The zero-order valence-electron chi connectivity index (χ0n) is 14.5. The van der Waals surface area contributed by atoms with E-state index < -0.39 is 6.10 Å². The van der Waals surface area contributed by atoms with Gasteiger partial charge in [0.15, 0.2) is 6.10 Å².